The van der Waals surface area contributed by atoms with E-state index in [9.17, 15) is 4.57 Å². The summed E-state index contributed by atoms with van der Waals surface area (Å²) in [5, 5.41) is 16.7. The number of aliphatic hydroxyl groups is 2. The van der Waals surface area contributed by atoms with Crippen LogP contribution in [0.1, 0.15) is 1.43 Å². The van der Waals surface area contributed by atoms with E-state index in [4.69, 9.17) is 20.0 Å². The third-order valence-corrected chi connectivity index (χ3v) is 1.13. The van der Waals surface area contributed by atoms with Crippen molar-refractivity contribution < 1.29 is 92.9 Å². The molecular formula is C3H22NaO12P. The van der Waals surface area contributed by atoms with Crippen LogP contribution in [0.3, 0.4) is 0 Å². The monoisotopic (exact) mass is 304 g/mol. The summed E-state index contributed by atoms with van der Waals surface area (Å²) in [6.45, 7) is -1.15. The number of phosphoric ester groups is 1. The fourth-order valence-corrected chi connectivity index (χ4v) is 0.602. The Labute approximate surface area is 120 Å². The molecule has 0 rings (SSSR count). The van der Waals surface area contributed by atoms with Gasteiger partial charge in [-0.15, -0.1) is 0 Å². The predicted octanol–water partition coefficient (Wildman–Crippen LogP) is -9.38. The Morgan fingerprint density at radius 1 is 1.06 bits per heavy atom. The van der Waals surface area contributed by atoms with Gasteiger partial charge >= 0.3 is 37.4 Å². The van der Waals surface area contributed by atoms with Crippen molar-refractivity contribution in [3.63, 3.8) is 0 Å². The van der Waals surface area contributed by atoms with Gasteiger partial charge in [-0.1, -0.05) is 0 Å². The van der Waals surface area contributed by atoms with Crippen molar-refractivity contribution in [1.82, 2.24) is 0 Å². The smallest absolute Gasteiger partial charge is 1.00 e. The van der Waals surface area contributed by atoms with Crippen LogP contribution in [0.4, 0.5) is 0 Å². The average molecular weight is 304 g/mol. The van der Waals surface area contributed by atoms with E-state index in [1.165, 1.54) is 0 Å². The van der Waals surface area contributed by atoms with E-state index < -0.39 is 27.1 Å². The van der Waals surface area contributed by atoms with Gasteiger partial charge < -0.3 is 54.3 Å². The minimum Gasteiger partial charge on any atom is -1.00 e. The molecule has 0 aromatic carbocycles. The predicted molar refractivity (Wildman–Crippen MR) is 53.9 cm³/mol. The molecule has 1 atom stereocenters. The molecule has 0 fully saturated rings. The van der Waals surface area contributed by atoms with E-state index in [0.29, 0.717) is 0 Å². The van der Waals surface area contributed by atoms with E-state index in [-0.39, 0.29) is 63.8 Å². The van der Waals surface area contributed by atoms with Gasteiger partial charge in [-0.2, -0.15) is 0 Å². The summed E-state index contributed by atoms with van der Waals surface area (Å²) in [6, 6.07) is 0. The number of hydrogen-bond acceptors (Lipinski definition) is 4. The van der Waals surface area contributed by atoms with Gasteiger partial charge in [0.15, 0.2) is 0 Å². The zero-order valence-electron chi connectivity index (χ0n) is 10.0. The summed E-state index contributed by atoms with van der Waals surface area (Å²) in [4.78, 5) is 16.1. The first-order valence-electron chi connectivity index (χ1n) is 2.44. The Morgan fingerprint density at radius 2 is 1.35 bits per heavy atom. The Hall–Kier alpha value is 0.790. The third kappa shape index (κ3) is 47.5. The van der Waals surface area contributed by atoms with Gasteiger partial charge in [-0.3, -0.25) is 4.52 Å². The van der Waals surface area contributed by atoms with E-state index in [1.54, 1.807) is 0 Å². The molecule has 0 aromatic rings. The van der Waals surface area contributed by atoms with Gasteiger partial charge in [0.1, 0.15) is 6.10 Å². The van der Waals surface area contributed by atoms with Crippen LogP contribution in [-0.2, 0) is 9.09 Å². The fraction of sp³-hybridized carbons (Fsp3) is 1.00. The summed E-state index contributed by atoms with van der Waals surface area (Å²) in [6.07, 6.45) is -1.24. The van der Waals surface area contributed by atoms with Gasteiger partial charge in [0.25, 0.3) is 0 Å². The Balaban J connectivity index is -0.0000000145. The zero-order chi connectivity index (χ0) is 8.20. The summed E-state index contributed by atoms with van der Waals surface area (Å²) in [5.41, 5.74) is 0. The van der Waals surface area contributed by atoms with Crippen molar-refractivity contribution >= 4 is 7.82 Å². The molecule has 0 heterocycles. The van der Waals surface area contributed by atoms with Crippen molar-refractivity contribution in [2.24, 2.45) is 0 Å². The fourth-order valence-electron chi connectivity index (χ4n) is 0.236. The largest absolute Gasteiger partial charge is 1.00 e. The van der Waals surface area contributed by atoms with Crippen LogP contribution < -0.4 is 29.6 Å². The molecule has 0 aromatic heterocycles. The maximum atomic E-state index is 9.93. The minimum atomic E-state index is -4.50. The average Bonchev–Trinajstić information content (AvgIpc) is 1.81. The van der Waals surface area contributed by atoms with Crippen molar-refractivity contribution in [3.05, 3.63) is 0 Å². The molecule has 0 saturated heterocycles. The number of hydrogen-bond donors (Lipinski definition) is 4. The molecule has 0 saturated carbocycles. The van der Waals surface area contributed by atoms with E-state index >= 15 is 0 Å². The Bertz CT molecular complexity index is 143. The standard InChI is InChI=1S/C3H9O6P.Na.6H2O.H/c4-1-3(5)2-9-10(6,7)8;;;;;;;;/h3-5H,1-2H2,(H2,6,7,8);;6*1H2;/q;+1;;;;;;;-1. The van der Waals surface area contributed by atoms with Gasteiger partial charge in [-0.05, 0) is 0 Å². The van der Waals surface area contributed by atoms with Crippen LogP contribution >= 0.6 is 7.82 Å². The summed E-state index contributed by atoms with van der Waals surface area (Å²) >= 11 is 0. The summed E-state index contributed by atoms with van der Waals surface area (Å²) in [7, 11) is -4.50. The molecule has 14 heteroatoms. The molecule has 0 radical (unpaired) electrons. The molecule has 12 nitrogen and oxygen atoms in total. The first-order valence-corrected chi connectivity index (χ1v) is 3.98. The molecule has 0 spiro atoms. The minimum absolute atomic E-state index is 0. The molecule has 0 aliphatic heterocycles. The second kappa shape index (κ2) is 25.6. The molecule has 17 heavy (non-hydrogen) atoms. The van der Waals surface area contributed by atoms with Crippen molar-refractivity contribution in [2.45, 2.75) is 6.10 Å². The molecule has 16 N–H and O–H groups in total. The molecule has 0 aliphatic rings. The second-order valence-corrected chi connectivity index (χ2v) is 2.86. The number of aliphatic hydroxyl groups excluding tert-OH is 2. The van der Waals surface area contributed by atoms with E-state index in [0.717, 1.165) is 0 Å². The van der Waals surface area contributed by atoms with Crippen LogP contribution in [0.2, 0.25) is 0 Å². The second-order valence-electron chi connectivity index (χ2n) is 1.62. The maximum absolute atomic E-state index is 9.93. The first-order chi connectivity index (χ1) is 4.45. The normalized spacial score (nSPS) is 8.94. The Morgan fingerprint density at radius 3 is 1.53 bits per heavy atom. The first kappa shape index (κ1) is 52.3. The van der Waals surface area contributed by atoms with Gasteiger partial charge in [0, 0.05) is 0 Å². The molecule has 112 valence electrons. The molecule has 1 unspecified atom stereocenters. The topological polar surface area (TPSA) is 296 Å². The van der Waals surface area contributed by atoms with Crippen molar-refractivity contribution in [1.29, 1.82) is 0 Å². The maximum Gasteiger partial charge on any atom is 1.00 e. The van der Waals surface area contributed by atoms with E-state index in [2.05, 4.69) is 4.52 Å². The molecule has 0 bridgehead atoms. The van der Waals surface area contributed by atoms with Gasteiger partial charge in [-0.25, -0.2) is 4.57 Å². The number of rotatable bonds is 4. The molecule has 0 aliphatic carbocycles. The van der Waals surface area contributed by atoms with Gasteiger partial charge in [0.2, 0.25) is 0 Å². The molecular weight excluding hydrogens is 282 g/mol. The SMILES string of the molecule is O.O.O.O.O.O.O=P(O)(O)OCC(O)CO.[H-].[Na+]. The quantitative estimate of drug-likeness (QED) is 0.288. The van der Waals surface area contributed by atoms with Crippen LogP contribution in [0.15, 0.2) is 0 Å². The van der Waals surface area contributed by atoms with Crippen molar-refractivity contribution in [2.75, 3.05) is 13.2 Å². The number of phosphoric acid groups is 1. The van der Waals surface area contributed by atoms with Crippen LogP contribution in [0, 0.1) is 0 Å². The zero-order valence-corrected chi connectivity index (χ0v) is 11.9. The van der Waals surface area contributed by atoms with Gasteiger partial charge in [0.05, 0.1) is 13.2 Å². The summed E-state index contributed by atoms with van der Waals surface area (Å²) < 4.78 is 13.8. The third-order valence-electron chi connectivity index (χ3n) is 0.646. The van der Waals surface area contributed by atoms with Crippen LogP contribution in [-0.4, -0.2) is 72.2 Å². The van der Waals surface area contributed by atoms with E-state index in [1.807, 2.05) is 0 Å². The van der Waals surface area contributed by atoms with Crippen LogP contribution in [0.5, 0.6) is 0 Å². The molecule has 0 amide bonds. The van der Waals surface area contributed by atoms with Crippen LogP contribution in [0.25, 0.3) is 0 Å². The Kier molecular flexibility index (Phi) is 78.8. The van der Waals surface area contributed by atoms with Crippen molar-refractivity contribution in [3.8, 4) is 0 Å². The summed E-state index contributed by atoms with van der Waals surface area (Å²) in [5.74, 6) is 0.